The smallest absolute Gasteiger partial charge is 0.274 e. The molecule has 2 amide bonds. The first-order valence-corrected chi connectivity index (χ1v) is 11.8. The summed E-state index contributed by atoms with van der Waals surface area (Å²) in [7, 11) is 1.69. The highest BCUT2D eigenvalue weighted by Crippen LogP contribution is 2.33. The van der Waals surface area contributed by atoms with E-state index in [0.29, 0.717) is 30.7 Å². The maximum atomic E-state index is 13.2. The molecule has 0 saturated carbocycles. The fraction of sp³-hybridized carbons (Fsp3) is 0.783. The van der Waals surface area contributed by atoms with Gasteiger partial charge in [0.15, 0.2) is 5.69 Å². The van der Waals surface area contributed by atoms with Gasteiger partial charge in [-0.1, -0.05) is 12.8 Å². The van der Waals surface area contributed by atoms with E-state index in [1.807, 2.05) is 9.80 Å². The van der Waals surface area contributed by atoms with E-state index in [-0.39, 0.29) is 11.8 Å². The number of hydrogen-bond acceptors (Lipinski definition) is 4. The third-order valence-corrected chi connectivity index (χ3v) is 7.29. The van der Waals surface area contributed by atoms with Gasteiger partial charge < -0.3 is 14.5 Å². The van der Waals surface area contributed by atoms with Gasteiger partial charge in [-0.15, -0.1) is 0 Å². The molecule has 3 aliphatic rings. The van der Waals surface area contributed by atoms with Crippen LogP contribution in [0.2, 0.25) is 0 Å². The number of rotatable bonds is 5. The molecule has 0 spiro atoms. The number of aromatic nitrogens is 2. The van der Waals surface area contributed by atoms with E-state index >= 15 is 0 Å². The fourth-order valence-corrected chi connectivity index (χ4v) is 5.49. The Labute approximate surface area is 179 Å². The van der Waals surface area contributed by atoms with Crippen molar-refractivity contribution in [3.63, 3.8) is 0 Å². The monoisotopic (exact) mass is 416 g/mol. The second-order valence-electron chi connectivity index (χ2n) is 9.14. The molecular weight excluding hydrogens is 380 g/mol. The molecule has 7 nitrogen and oxygen atoms in total. The number of nitrogens with one attached hydrogen (secondary N) is 1. The van der Waals surface area contributed by atoms with Crippen LogP contribution < -0.4 is 0 Å². The number of amides is 2. The number of fused-ring (bicyclic) bond motifs is 1. The molecule has 1 aromatic heterocycles. The number of methoxy groups -OCH3 is 1. The summed E-state index contributed by atoms with van der Waals surface area (Å²) in [5.41, 5.74) is 2.94. The van der Waals surface area contributed by atoms with E-state index in [0.717, 1.165) is 82.3 Å². The van der Waals surface area contributed by atoms with Gasteiger partial charge in [0.25, 0.3) is 5.91 Å². The molecule has 4 rings (SSSR count). The number of hydrogen-bond donors (Lipinski definition) is 1. The van der Waals surface area contributed by atoms with Crippen molar-refractivity contribution in [2.24, 2.45) is 11.8 Å². The van der Waals surface area contributed by atoms with Gasteiger partial charge in [0.2, 0.25) is 5.91 Å². The molecule has 0 bridgehead atoms. The third-order valence-electron chi connectivity index (χ3n) is 7.29. The molecule has 2 aliphatic heterocycles. The minimum atomic E-state index is 0.0711. The molecule has 0 unspecified atom stereocenters. The molecule has 1 aliphatic carbocycles. The van der Waals surface area contributed by atoms with Crippen LogP contribution in [-0.4, -0.2) is 71.7 Å². The number of aromatic amines is 1. The molecule has 2 saturated heterocycles. The fourth-order valence-electron chi connectivity index (χ4n) is 5.49. The normalized spacial score (nSPS) is 23.8. The van der Waals surface area contributed by atoms with E-state index < -0.39 is 0 Å². The number of carbonyl (C=O) groups excluding carboxylic acids is 2. The topological polar surface area (TPSA) is 78.5 Å². The molecule has 7 heteroatoms. The number of carbonyl (C=O) groups is 2. The summed E-state index contributed by atoms with van der Waals surface area (Å²) < 4.78 is 5.19. The van der Waals surface area contributed by atoms with Gasteiger partial charge in [-0.2, -0.15) is 5.10 Å². The van der Waals surface area contributed by atoms with Crippen LogP contribution in [0.15, 0.2) is 0 Å². The molecule has 2 fully saturated rings. The summed E-state index contributed by atoms with van der Waals surface area (Å²) in [5.74, 6) is 0.845. The number of piperidine rings is 1. The first-order valence-electron chi connectivity index (χ1n) is 11.8. The standard InChI is InChI=1S/C23H36N4O3/c1-30-16-15-26-12-6-5-7-18(22(26)28)17-10-13-27(14-11-17)23(29)21-19-8-3-2-4-9-20(19)24-25-21/h17-18H,2-16H2,1H3,(H,24,25)/t18-/m0/s1. The Kier molecular flexibility index (Phi) is 7.08. The summed E-state index contributed by atoms with van der Waals surface area (Å²) in [6, 6.07) is 0. The zero-order chi connectivity index (χ0) is 20.9. The highest BCUT2D eigenvalue weighted by Gasteiger charge is 2.36. The number of likely N-dealkylation sites (tertiary alicyclic amines) is 2. The molecule has 1 N–H and O–H groups in total. The van der Waals surface area contributed by atoms with E-state index in [1.165, 1.54) is 12.8 Å². The minimum absolute atomic E-state index is 0.0711. The van der Waals surface area contributed by atoms with Gasteiger partial charge in [0, 0.05) is 50.5 Å². The zero-order valence-electron chi connectivity index (χ0n) is 18.3. The zero-order valence-corrected chi connectivity index (χ0v) is 18.3. The Hall–Kier alpha value is -1.89. The van der Waals surface area contributed by atoms with Crippen molar-refractivity contribution in [2.45, 2.75) is 64.2 Å². The van der Waals surface area contributed by atoms with Crippen LogP contribution in [0.3, 0.4) is 0 Å². The Morgan fingerprint density at radius 2 is 1.87 bits per heavy atom. The van der Waals surface area contributed by atoms with Crippen LogP contribution in [0.4, 0.5) is 0 Å². The molecule has 1 atom stereocenters. The van der Waals surface area contributed by atoms with Crippen LogP contribution in [0.5, 0.6) is 0 Å². The summed E-state index contributed by atoms with van der Waals surface area (Å²) in [4.78, 5) is 30.3. The molecular formula is C23H36N4O3. The summed E-state index contributed by atoms with van der Waals surface area (Å²) in [6.45, 7) is 3.59. The maximum Gasteiger partial charge on any atom is 0.274 e. The van der Waals surface area contributed by atoms with Crippen LogP contribution in [0.1, 0.15) is 73.1 Å². The van der Waals surface area contributed by atoms with Crippen molar-refractivity contribution in [3.8, 4) is 0 Å². The van der Waals surface area contributed by atoms with Gasteiger partial charge in [0.05, 0.1) is 6.61 Å². The number of nitrogens with zero attached hydrogens (tertiary/aromatic N) is 3. The molecule has 166 valence electrons. The van der Waals surface area contributed by atoms with Crippen molar-refractivity contribution in [1.29, 1.82) is 0 Å². The maximum absolute atomic E-state index is 13.2. The second kappa shape index (κ2) is 9.94. The van der Waals surface area contributed by atoms with Crippen molar-refractivity contribution in [2.75, 3.05) is 39.9 Å². The highest BCUT2D eigenvalue weighted by molar-refractivity contribution is 5.94. The minimum Gasteiger partial charge on any atom is -0.383 e. The van der Waals surface area contributed by atoms with Gasteiger partial charge in [0.1, 0.15) is 0 Å². The van der Waals surface area contributed by atoms with Crippen LogP contribution in [0, 0.1) is 11.8 Å². The highest BCUT2D eigenvalue weighted by atomic mass is 16.5. The van der Waals surface area contributed by atoms with E-state index in [4.69, 9.17) is 4.74 Å². The van der Waals surface area contributed by atoms with Gasteiger partial charge in [-0.3, -0.25) is 14.7 Å². The van der Waals surface area contributed by atoms with Crippen molar-refractivity contribution >= 4 is 11.8 Å². The lowest BCUT2D eigenvalue weighted by Gasteiger charge is -2.36. The van der Waals surface area contributed by atoms with E-state index in [1.54, 1.807) is 7.11 Å². The second-order valence-corrected chi connectivity index (χ2v) is 9.14. The largest absolute Gasteiger partial charge is 0.383 e. The lowest BCUT2D eigenvalue weighted by Crippen LogP contribution is -2.44. The summed E-state index contributed by atoms with van der Waals surface area (Å²) in [6.07, 6.45) is 10.5. The average Bonchev–Trinajstić information content (AvgIpc) is 2.91. The van der Waals surface area contributed by atoms with Crippen molar-refractivity contribution in [3.05, 3.63) is 17.0 Å². The number of H-pyrrole nitrogens is 1. The van der Waals surface area contributed by atoms with E-state index in [9.17, 15) is 9.59 Å². The Balaban J connectivity index is 1.37. The van der Waals surface area contributed by atoms with Crippen LogP contribution >= 0.6 is 0 Å². The number of aryl methyl sites for hydroxylation is 1. The molecule has 0 radical (unpaired) electrons. The van der Waals surface area contributed by atoms with Crippen molar-refractivity contribution in [1.82, 2.24) is 20.0 Å². The molecule has 3 heterocycles. The lowest BCUT2D eigenvalue weighted by atomic mass is 9.81. The molecule has 30 heavy (non-hydrogen) atoms. The average molecular weight is 417 g/mol. The van der Waals surface area contributed by atoms with E-state index in [2.05, 4.69) is 10.2 Å². The van der Waals surface area contributed by atoms with Gasteiger partial charge in [-0.25, -0.2) is 0 Å². The SMILES string of the molecule is COCCN1CCCC[C@@H](C2CCN(C(=O)c3n[nH]c4c3CCCCC4)CC2)C1=O. The molecule has 0 aromatic carbocycles. The first-order chi connectivity index (χ1) is 14.7. The van der Waals surface area contributed by atoms with Gasteiger partial charge >= 0.3 is 0 Å². The predicted molar refractivity (Wildman–Crippen MR) is 114 cm³/mol. The summed E-state index contributed by atoms with van der Waals surface area (Å²) in [5, 5.41) is 7.52. The summed E-state index contributed by atoms with van der Waals surface area (Å²) >= 11 is 0. The predicted octanol–water partition coefficient (Wildman–Crippen LogP) is 2.81. The third kappa shape index (κ3) is 4.56. The first kappa shape index (κ1) is 21.3. The Morgan fingerprint density at radius 3 is 2.67 bits per heavy atom. The van der Waals surface area contributed by atoms with Crippen molar-refractivity contribution < 1.29 is 14.3 Å². The molecule has 1 aromatic rings. The lowest BCUT2D eigenvalue weighted by molar-refractivity contribution is -0.137. The Morgan fingerprint density at radius 1 is 1.07 bits per heavy atom. The Bertz CT molecular complexity index is 739. The van der Waals surface area contributed by atoms with Crippen LogP contribution in [-0.2, 0) is 22.4 Å². The van der Waals surface area contributed by atoms with Gasteiger partial charge in [-0.05, 0) is 57.3 Å². The van der Waals surface area contributed by atoms with Crippen LogP contribution in [0.25, 0.3) is 0 Å². The quantitative estimate of drug-likeness (QED) is 0.749. The number of ether oxygens (including phenoxy) is 1.